The van der Waals surface area contributed by atoms with Crippen molar-refractivity contribution >= 4 is 33.6 Å². The Kier molecular flexibility index (Phi) is 3.05. The molecule has 4 nitrogen and oxygen atoms in total. The smallest absolute Gasteiger partial charge is 0.203 e. The number of benzene rings is 1. The van der Waals surface area contributed by atoms with Crippen LogP contribution in [0.4, 0.5) is 5.13 Å². The summed E-state index contributed by atoms with van der Waals surface area (Å²) in [6.45, 7) is 4.06. The van der Waals surface area contributed by atoms with Gasteiger partial charge in [-0.25, -0.2) is 4.98 Å². The molecular weight excluding hydrogens is 256 g/mol. The molecule has 0 unspecified atom stereocenters. The highest BCUT2D eigenvalue weighted by Gasteiger charge is 2.02. The molecule has 96 valence electrons. The average Bonchev–Trinajstić information content (AvgIpc) is 2.95. The number of nitrogens with one attached hydrogen (secondary N) is 2. The maximum atomic E-state index is 4.38. The molecule has 0 atom stereocenters. The molecule has 3 rings (SSSR count). The number of aryl methyl sites for hydroxylation is 2. The first kappa shape index (κ1) is 11.9. The van der Waals surface area contributed by atoms with Crippen LogP contribution in [0, 0.1) is 13.8 Å². The number of hydrogen-bond donors (Lipinski definition) is 2. The van der Waals surface area contributed by atoms with Crippen molar-refractivity contribution in [2.24, 2.45) is 5.10 Å². The highest BCUT2D eigenvalue weighted by molar-refractivity contribution is 7.15. The van der Waals surface area contributed by atoms with Gasteiger partial charge in [0.1, 0.15) is 0 Å². The van der Waals surface area contributed by atoms with Crippen molar-refractivity contribution in [2.45, 2.75) is 13.8 Å². The second kappa shape index (κ2) is 4.85. The van der Waals surface area contributed by atoms with Crippen molar-refractivity contribution in [1.29, 1.82) is 0 Å². The molecule has 2 N–H and O–H groups in total. The van der Waals surface area contributed by atoms with Crippen molar-refractivity contribution in [3.05, 3.63) is 46.6 Å². The van der Waals surface area contributed by atoms with Gasteiger partial charge in [-0.05, 0) is 19.9 Å². The third-order valence-electron chi connectivity index (χ3n) is 3.01. The number of aromatic nitrogens is 2. The van der Waals surface area contributed by atoms with Crippen LogP contribution >= 0.6 is 11.3 Å². The summed E-state index contributed by atoms with van der Waals surface area (Å²) in [5.41, 5.74) is 6.20. The Labute approximate surface area is 115 Å². The van der Waals surface area contributed by atoms with E-state index in [1.165, 1.54) is 10.3 Å². The van der Waals surface area contributed by atoms with Crippen LogP contribution in [-0.2, 0) is 0 Å². The lowest BCUT2D eigenvalue weighted by atomic mass is 10.2. The van der Waals surface area contributed by atoms with E-state index in [0.29, 0.717) is 0 Å². The molecule has 2 heterocycles. The number of anilines is 1. The number of nitrogens with zero attached hydrogens (tertiary/aromatic N) is 2. The predicted octanol–water partition coefficient (Wildman–Crippen LogP) is 3.69. The summed E-state index contributed by atoms with van der Waals surface area (Å²) < 4.78 is 0. The van der Waals surface area contributed by atoms with Crippen molar-refractivity contribution in [3.63, 3.8) is 0 Å². The van der Waals surface area contributed by atoms with Gasteiger partial charge in [0, 0.05) is 27.5 Å². The van der Waals surface area contributed by atoms with Crippen LogP contribution < -0.4 is 5.43 Å². The van der Waals surface area contributed by atoms with E-state index in [4.69, 9.17) is 0 Å². The molecule has 0 radical (unpaired) electrons. The number of aromatic amines is 1. The maximum absolute atomic E-state index is 4.38. The molecule has 0 saturated carbocycles. The number of para-hydroxylation sites is 1. The van der Waals surface area contributed by atoms with E-state index in [-0.39, 0.29) is 0 Å². The second-order valence-electron chi connectivity index (χ2n) is 4.32. The monoisotopic (exact) mass is 270 g/mol. The van der Waals surface area contributed by atoms with E-state index < -0.39 is 0 Å². The lowest BCUT2D eigenvalue weighted by Gasteiger charge is -1.93. The highest BCUT2D eigenvalue weighted by atomic mass is 32.1. The van der Waals surface area contributed by atoms with Crippen LogP contribution in [0.2, 0.25) is 0 Å². The van der Waals surface area contributed by atoms with Gasteiger partial charge in [0.2, 0.25) is 5.13 Å². The van der Waals surface area contributed by atoms with E-state index in [9.17, 15) is 0 Å². The molecule has 5 heteroatoms. The van der Waals surface area contributed by atoms with Crippen LogP contribution in [0.5, 0.6) is 0 Å². The molecule has 0 aliphatic rings. The number of thiazole rings is 1. The van der Waals surface area contributed by atoms with E-state index >= 15 is 0 Å². The van der Waals surface area contributed by atoms with Crippen LogP contribution in [0.25, 0.3) is 10.9 Å². The first-order valence-electron chi connectivity index (χ1n) is 6.03. The highest BCUT2D eigenvalue weighted by Crippen LogP contribution is 2.21. The molecule has 0 saturated heterocycles. The molecule has 0 amide bonds. The molecule has 1 aromatic carbocycles. The fourth-order valence-electron chi connectivity index (χ4n) is 1.88. The van der Waals surface area contributed by atoms with Crippen LogP contribution in [0.1, 0.15) is 16.1 Å². The standard InChI is InChI=1S/C14H14N4S/c1-9-10(2)19-14(17-9)18-16-8-11-7-15-13-6-4-3-5-12(11)13/h3-8,15H,1-2H3,(H,17,18)/b16-8+. The van der Waals surface area contributed by atoms with Crippen LogP contribution in [0.15, 0.2) is 35.6 Å². The Balaban J connectivity index is 1.79. The van der Waals surface area contributed by atoms with Gasteiger partial charge in [-0.3, -0.25) is 5.43 Å². The predicted molar refractivity (Wildman–Crippen MR) is 81.1 cm³/mol. The first-order chi connectivity index (χ1) is 9.24. The quantitative estimate of drug-likeness (QED) is 0.563. The van der Waals surface area contributed by atoms with E-state index in [0.717, 1.165) is 21.9 Å². The molecule has 3 aromatic rings. The van der Waals surface area contributed by atoms with E-state index in [2.05, 4.69) is 33.5 Å². The average molecular weight is 270 g/mol. The minimum absolute atomic E-state index is 0.825. The Morgan fingerprint density at radius 3 is 2.95 bits per heavy atom. The van der Waals surface area contributed by atoms with Gasteiger partial charge in [0.15, 0.2) is 0 Å². The summed E-state index contributed by atoms with van der Waals surface area (Å²) in [5, 5.41) is 6.23. The molecule has 0 aliphatic carbocycles. The largest absolute Gasteiger partial charge is 0.361 e. The number of hydrazone groups is 1. The maximum Gasteiger partial charge on any atom is 0.203 e. The van der Waals surface area contributed by atoms with Crippen molar-refractivity contribution in [2.75, 3.05) is 5.43 Å². The van der Waals surface area contributed by atoms with Crippen molar-refractivity contribution in [1.82, 2.24) is 9.97 Å². The van der Waals surface area contributed by atoms with Gasteiger partial charge in [0.25, 0.3) is 0 Å². The zero-order valence-electron chi connectivity index (χ0n) is 10.8. The zero-order chi connectivity index (χ0) is 13.2. The zero-order valence-corrected chi connectivity index (χ0v) is 11.6. The minimum Gasteiger partial charge on any atom is -0.361 e. The van der Waals surface area contributed by atoms with Crippen molar-refractivity contribution in [3.8, 4) is 0 Å². The number of rotatable bonds is 3. The van der Waals surface area contributed by atoms with Gasteiger partial charge >= 0.3 is 0 Å². The Morgan fingerprint density at radius 1 is 1.32 bits per heavy atom. The van der Waals surface area contributed by atoms with Gasteiger partial charge in [0.05, 0.1) is 11.9 Å². The minimum atomic E-state index is 0.825. The van der Waals surface area contributed by atoms with E-state index in [1.54, 1.807) is 11.3 Å². The third kappa shape index (κ3) is 2.37. The summed E-state index contributed by atoms with van der Waals surface area (Å²) >= 11 is 1.61. The molecule has 2 aromatic heterocycles. The first-order valence-corrected chi connectivity index (χ1v) is 6.85. The van der Waals surface area contributed by atoms with Gasteiger partial charge in [-0.1, -0.05) is 18.2 Å². The lowest BCUT2D eigenvalue weighted by Crippen LogP contribution is -1.89. The van der Waals surface area contributed by atoms with Crippen LogP contribution in [-0.4, -0.2) is 16.2 Å². The molecule has 0 spiro atoms. The summed E-state index contributed by atoms with van der Waals surface area (Å²) in [6, 6.07) is 8.16. The second-order valence-corrected chi connectivity index (χ2v) is 5.52. The SMILES string of the molecule is Cc1nc(N/N=C/c2c[nH]c3ccccc23)sc1C. The normalized spacial score (nSPS) is 11.5. The molecule has 0 aliphatic heterocycles. The van der Waals surface area contributed by atoms with Gasteiger partial charge in [-0.15, -0.1) is 11.3 Å². The Bertz CT molecular complexity index is 719. The molecule has 19 heavy (non-hydrogen) atoms. The number of H-pyrrole nitrogens is 1. The summed E-state index contributed by atoms with van der Waals surface area (Å²) in [4.78, 5) is 8.81. The summed E-state index contributed by atoms with van der Waals surface area (Å²) in [7, 11) is 0. The summed E-state index contributed by atoms with van der Waals surface area (Å²) in [5.74, 6) is 0. The van der Waals surface area contributed by atoms with Gasteiger partial charge in [-0.2, -0.15) is 5.10 Å². The molecule has 0 bridgehead atoms. The van der Waals surface area contributed by atoms with E-state index in [1.807, 2.05) is 37.5 Å². The lowest BCUT2D eigenvalue weighted by molar-refractivity contribution is 1.20. The summed E-state index contributed by atoms with van der Waals surface area (Å²) in [6.07, 6.45) is 3.76. The topological polar surface area (TPSA) is 53.1 Å². The number of fused-ring (bicyclic) bond motifs is 1. The van der Waals surface area contributed by atoms with Crippen LogP contribution in [0.3, 0.4) is 0 Å². The Morgan fingerprint density at radius 2 is 2.16 bits per heavy atom. The van der Waals surface area contributed by atoms with Gasteiger partial charge < -0.3 is 4.98 Å². The fraction of sp³-hybridized carbons (Fsp3) is 0.143. The molecular formula is C14H14N4S. The number of hydrogen-bond acceptors (Lipinski definition) is 4. The fourth-order valence-corrected chi connectivity index (χ4v) is 2.64. The molecule has 0 fully saturated rings. The Hall–Kier alpha value is -2.14. The third-order valence-corrected chi connectivity index (χ3v) is 3.99. The van der Waals surface area contributed by atoms with Crippen molar-refractivity contribution < 1.29 is 0 Å².